The lowest BCUT2D eigenvalue weighted by Gasteiger charge is -2.34. The molecule has 1 amide bonds. The number of anilines is 1. The summed E-state index contributed by atoms with van der Waals surface area (Å²) in [6.45, 7) is 2.83. The fourth-order valence-corrected chi connectivity index (χ4v) is 5.13. The molecule has 4 heterocycles. The number of carbonyl (C=O) groups is 1. The first-order chi connectivity index (χ1) is 16.1. The molecule has 2 aromatic heterocycles. The third-order valence-corrected chi connectivity index (χ3v) is 7.09. The van der Waals surface area contributed by atoms with Crippen molar-refractivity contribution < 1.29 is 9.90 Å². The number of likely N-dealkylation sites (tertiary alicyclic amines) is 2. The van der Waals surface area contributed by atoms with Crippen molar-refractivity contribution >= 4 is 34.4 Å². The maximum Gasteiger partial charge on any atom is 0.236 e. The Morgan fingerprint density at radius 1 is 1.21 bits per heavy atom. The van der Waals surface area contributed by atoms with Crippen LogP contribution in [0.1, 0.15) is 25.7 Å². The highest BCUT2D eigenvalue weighted by Crippen LogP contribution is 2.32. The molecule has 0 radical (unpaired) electrons. The van der Waals surface area contributed by atoms with Crippen molar-refractivity contribution in [2.24, 2.45) is 0 Å². The normalized spacial score (nSPS) is 19.9. The van der Waals surface area contributed by atoms with Crippen molar-refractivity contribution in [3.05, 3.63) is 41.7 Å². The Balaban J connectivity index is 1.21. The number of nitrogens with one attached hydrogen (secondary N) is 2. The average Bonchev–Trinajstić information content (AvgIpc) is 3.47. The van der Waals surface area contributed by atoms with Gasteiger partial charge in [-0.25, -0.2) is 9.97 Å². The first-order valence-corrected chi connectivity index (χ1v) is 12.0. The number of aliphatic hydroxyl groups is 1. The second-order valence-electron chi connectivity index (χ2n) is 8.89. The molecule has 0 unspecified atom stereocenters. The first-order valence-electron chi connectivity index (χ1n) is 11.6. The number of H-pyrrole nitrogens is 1. The second kappa shape index (κ2) is 9.67. The number of hydrogen-bond donors (Lipinski definition) is 3. The van der Waals surface area contributed by atoms with E-state index in [2.05, 4.69) is 20.2 Å². The second-order valence-corrected chi connectivity index (χ2v) is 9.29. The number of aliphatic hydroxyl groups excluding tert-OH is 1. The van der Waals surface area contributed by atoms with Crippen LogP contribution in [0.3, 0.4) is 0 Å². The minimum absolute atomic E-state index is 0.126. The monoisotopic (exact) mass is 468 g/mol. The van der Waals surface area contributed by atoms with Crippen LogP contribution >= 0.6 is 11.6 Å². The molecule has 33 heavy (non-hydrogen) atoms. The summed E-state index contributed by atoms with van der Waals surface area (Å²) in [6, 6.07) is 8.38. The largest absolute Gasteiger partial charge is 0.395 e. The smallest absolute Gasteiger partial charge is 0.236 e. The number of hydrogen-bond acceptors (Lipinski definition) is 6. The molecule has 5 rings (SSSR count). The summed E-state index contributed by atoms with van der Waals surface area (Å²) in [7, 11) is 0. The van der Waals surface area contributed by atoms with Gasteiger partial charge in [0.15, 0.2) is 0 Å². The molecule has 8 nitrogen and oxygen atoms in total. The molecule has 0 saturated carbocycles. The van der Waals surface area contributed by atoms with Crippen molar-refractivity contribution in [3.63, 3.8) is 0 Å². The predicted octanol–water partition coefficient (Wildman–Crippen LogP) is 3.14. The number of piperidine rings is 1. The molecular weight excluding hydrogens is 440 g/mol. The minimum Gasteiger partial charge on any atom is -0.395 e. The topological polar surface area (TPSA) is 97.4 Å². The van der Waals surface area contributed by atoms with E-state index in [9.17, 15) is 9.90 Å². The third-order valence-electron chi connectivity index (χ3n) is 6.82. The molecular formula is C24H29ClN6O2. The fraction of sp³-hybridized carbons (Fsp3) is 0.458. The highest BCUT2D eigenvalue weighted by Gasteiger charge is 2.29. The minimum atomic E-state index is 0.126. The van der Waals surface area contributed by atoms with Crippen LogP contribution in [0, 0.1) is 0 Å². The van der Waals surface area contributed by atoms with E-state index >= 15 is 0 Å². The zero-order valence-electron chi connectivity index (χ0n) is 18.5. The van der Waals surface area contributed by atoms with Crippen molar-refractivity contribution in [1.29, 1.82) is 0 Å². The highest BCUT2D eigenvalue weighted by atomic mass is 35.5. The van der Waals surface area contributed by atoms with Gasteiger partial charge >= 0.3 is 0 Å². The quantitative estimate of drug-likeness (QED) is 0.514. The van der Waals surface area contributed by atoms with Crippen LogP contribution in [0.2, 0.25) is 5.02 Å². The summed E-state index contributed by atoms with van der Waals surface area (Å²) >= 11 is 6.44. The van der Waals surface area contributed by atoms with Crippen molar-refractivity contribution in [2.75, 3.05) is 38.1 Å². The molecule has 3 aromatic rings. The van der Waals surface area contributed by atoms with Crippen molar-refractivity contribution in [2.45, 2.75) is 37.8 Å². The number of amides is 1. The van der Waals surface area contributed by atoms with Crippen LogP contribution in [0.15, 0.2) is 36.7 Å². The molecule has 2 aliphatic rings. The van der Waals surface area contributed by atoms with E-state index in [1.165, 1.54) is 0 Å². The molecule has 1 aromatic carbocycles. The SMILES string of the molecule is O=C(CN1CCC[C@H]1CO)N1CCC(Nc2ncc(Cl)c(-c3c[nH]c4ccccc34)n2)CC1. The van der Waals surface area contributed by atoms with Gasteiger partial charge in [-0.05, 0) is 38.3 Å². The van der Waals surface area contributed by atoms with Gasteiger partial charge in [0, 0.05) is 47.8 Å². The van der Waals surface area contributed by atoms with Crippen LogP contribution in [0.4, 0.5) is 5.95 Å². The Morgan fingerprint density at radius 2 is 2.03 bits per heavy atom. The molecule has 9 heteroatoms. The molecule has 1 atom stereocenters. The fourth-order valence-electron chi connectivity index (χ4n) is 4.93. The van der Waals surface area contributed by atoms with Crippen LogP contribution in [0.5, 0.6) is 0 Å². The van der Waals surface area contributed by atoms with Gasteiger partial charge in [-0.3, -0.25) is 9.69 Å². The molecule has 0 aliphatic carbocycles. The lowest BCUT2D eigenvalue weighted by molar-refractivity contribution is -0.133. The van der Waals surface area contributed by atoms with E-state index < -0.39 is 0 Å². The Kier molecular flexibility index (Phi) is 6.48. The molecule has 174 valence electrons. The number of aromatic amines is 1. The first kappa shape index (κ1) is 22.1. The van der Waals surface area contributed by atoms with Gasteiger partial charge in [0.25, 0.3) is 0 Å². The van der Waals surface area contributed by atoms with Gasteiger partial charge in [0.05, 0.1) is 30.1 Å². The summed E-state index contributed by atoms with van der Waals surface area (Å²) in [5, 5.41) is 14.5. The van der Waals surface area contributed by atoms with Gasteiger partial charge in [-0.1, -0.05) is 29.8 Å². The van der Waals surface area contributed by atoms with Crippen LogP contribution in [-0.2, 0) is 4.79 Å². The number of carbonyl (C=O) groups excluding carboxylic acids is 1. The lowest BCUT2D eigenvalue weighted by Crippen LogP contribution is -2.47. The number of aromatic nitrogens is 3. The predicted molar refractivity (Wildman–Crippen MR) is 129 cm³/mol. The Labute approximate surface area is 198 Å². The summed E-state index contributed by atoms with van der Waals surface area (Å²) in [5.41, 5.74) is 2.68. The maximum atomic E-state index is 12.7. The van der Waals surface area contributed by atoms with Gasteiger partial charge < -0.3 is 20.3 Å². The molecule has 2 saturated heterocycles. The summed E-state index contributed by atoms with van der Waals surface area (Å²) in [4.78, 5) is 29.2. The van der Waals surface area contributed by atoms with Crippen LogP contribution in [-0.4, -0.2) is 80.6 Å². The number of halogens is 1. The van der Waals surface area contributed by atoms with Crippen LogP contribution < -0.4 is 5.32 Å². The van der Waals surface area contributed by atoms with E-state index in [0.717, 1.165) is 48.7 Å². The number of fused-ring (bicyclic) bond motifs is 1. The molecule has 2 aliphatic heterocycles. The molecule has 0 spiro atoms. The van der Waals surface area contributed by atoms with Gasteiger partial charge in [0.2, 0.25) is 11.9 Å². The Morgan fingerprint density at radius 3 is 2.85 bits per heavy atom. The average molecular weight is 469 g/mol. The maximum absolute atomic E-state index is 12.7. The number of para-hydroxylation sites is 1. The van der Waals surface area contributed by atoms with Crippen molar-refractivity contribution in [1.82, 2.24) is 24.8 Å². The molecule has 0 bridgehead atoms. The zero-order valence-corrected chi connectivity index (χ0v) is 19.3. The molecule has 2 fully saturated rings. The Bertz CT molecular complexity index is 1130. The van der Waals surface area contributed by atoms with Crippen molar-refractivity contribution in [3.8, 4) is 11.3 Å². The number of rotatable bonds is 6. The lowest BCUT2D eigenvalue weighted by atomic mass is 10.1. The van der Waals surface area contributed by atoms with E-state index in [1.807, 2.05) is 35.4 Å². The summed E-state index contributed by atoms with van der Waals surface area (Å²) in [6.07, 6.45) is 7.26. The van der Waals surface area contributed by atoms with E-state index in [-0.39, 0.29) is 24.6 Å². The van der Waals surface area contributed by atoms with Gasteiger partial charge in [0.1, 0.15) is 0 Å². The Hall–Kier alpha value is -2.68. The number of nitrogens with zero attached hydrogens (tertiary/aromatic N) is 4. The zero-order chi connectivity index (χ0) is 22.8. The van der Waals surface area contributed by atoms with E-state index in [4.69, 9.17) is 16.6 Å². The van der Waals surface area contributed by atoms with Gasteiger partial charge in [-0.2, -0.15) is 0 Å². The number of benzene rings is 1. The van der Waals surface area contributed by atoms with E-state index in [0.29, 0.717) is 36.3 Å². The molecule has 3 N–H and O–H groups in total. The standard InChI is InChI=1S/C24H29ClN6O2/c25-20-13-27-24(29-23(20)19-12-26-21-6-2-1-5-18(19)21)28-16-7-10-30(11-8-16)22(33)14-31-9-3-4-17(31)15-32/h1-2,5-6,12-13,16-17,26,32H,3-4,7-11,14-15H2,(H,27,28,29)/t17-/m0/s1. The van der Waals surface area contributed by atoms with Gasteiger partial charge in [-0.15, -0.1) is 0 Å². The summed E-state index contributed by atoms with van der Waals surface area (Å²) in [5.74, 6) is 0.700. The highest BCUT2D eigenvalue weighted by molar-refractivity contribution is 6.33. The third kappa shape index (κ3) is 4.69. The summed E-state index contributed by atoms with van der Waals surface area (Å²) < 4.78 is 0. The van der Waals surface area contributed by atoms with E-state index in [1.54, 1.807) is 6.20 Å². The van der Waals surface area contributed by atoms with Crippen LogP contribution in [0.25, 0.3) is 22.2 Å².